The molecule has 1 fully saturated rings. The maximum Gasteiger partial charge on any atom is 0.276 e. The number of carbonyl (C=O) groups is 1. The standard InChI is InChI=1S/C32H30ClF4N7O2/c1-6-20(45)43-10-9-42(13-16(43)5)30-17-11-19(33)28(21-22(34)24(36)25(37)26(39)23(21)35)41-31(17)44(32(46)18(30)12-38)29-15(4)7-8-40-27(29)14(2)3/h6-8,11,14,16,25-26H,1,9-10,13,39H2,2-5H3/t16-,25?,26?/m1/s1. The van der Waals surface area contributed by atoms with Gasteiger partial charge in [0.05, 0.1) is 39.4 Å². The molecule has 4 heterocycles. The Kier molecular flexibility index (Phi) is 8.81. The van der Waals surface area contributed by atoms with Crippen LogP contribution in [0.2, 0.25) is 5.02 Å². The highest BCUT2D eigenvalue weighted by Gasteiger charge is 2.40. The summed E-state index contributed by atoms with van der Waals surface area (Å²) in [6.45, 7) is 11.4. The van der Waals surface area contributed by atoms with Crippen LogP contribution in [-0.4, -0.2) is 63.2 Å². The first-order valence-electron chi connectivity index (χ1n) is 14.4. The smallest absolute Gasteiger partial charge is 0.276 e. The summed E-state index contributed by atoms with van der Waals surface area (Å²) in [7, 11) is 0. The summed E-state index contributed by atoms with van der Waals surface area (Å²) >= 11 is 6.59. The van der Waals surface area contributed by atoms with Crippen molar-refractivity contribution in [2.45, 2.75) is 51.9 Å². The van der Waals surface area contributed by atoms with Gasteiger partial charge >= 0.3 is 0 Å². The third-order valence-corrected chi connectivity index (χ3v) is 8.56. The molecule has 0 spiro atoms. The fourth-order valence-corrected chi connectivity index (χ4v) is 6.23. The van der Waals surface area contributed by atoms with E-state index in [9.17, 15) is 23.6 Å². The lowest BCUT2D eigenvalue weighted by Gasteiger charge is -2.41. The highest BCUT2D eigenvalue weighted by molar-refractivity contribution is 6.33. The van der Waals surface area contributed by atoms with Crippen molar-refractivity contribution in [3.05, 3.63) is 86.4 Å². The van der Waals surface area contributed by atoms with E-state index in [0.29, 0.717) is 11.3 Å². The molecule has 0 bridgehead atoms. The SMILES string of the molecule is C=CC(=O)N1CCN(c2c(C#N)c(=O)n(-c3c(C)ccnc3C(C)C)c3nc(C4=C(F)C(N)C(F)C(F)=C4F)c(Cl)cc23)C[C@H]1C. The molecule has 2 unspecified atom stereocenters. The number of nitrogens with zero attached hydrogens (tertiary/aromatic N) is 6. The number of halogens is 5. The van der Waals surface area contributed by atoms with Crippen LogP contribution in [0.15, 0.2) is 53.3 Å². The number of rotatable bonds is 5. The Morgan fingerprint density at radius 1 is 1.24 bits per heavy atom. The number of anilines is 1. The molecule has 3 atom stereocenters. The Balaban J connectivity index is 1.91. The zero-order chi connectivity index (χ0) is 33.8. The minimum absolute atomic E-state index is 0.144. The molecule has 14 heteroatoms. The number of carbonyl (C=O) groups excluding carboxylic acids is 1. The zero-order valence-corrected chi connectivity index (χ0v) is 26.2. The Bertz CT molecular complexity index is 1970. The van der Waals surface area contributed by atoms with Gasteiger partial charge in [0.15, 0.2) is 17.8 Å². The first-order valence-corrected chi connectivity index (χ1v) is 14.8. The molecular formula is C32H30ClF4N7O2. The van der Waals surface area contributed by atoms with Gasteiger partial charge in [-0.25, -0.2) is 22.5 Å². The average Bonchev–Trinajstić information content (AvgIpc) is 3.02. The van der Waals surface area contributed by atoms with Gasteiger partial charge in [-0.1, -0.05) is 32.0 Å². The van der Waals surface area contributed by atoms with Crippen LogP contribution < -0.4 is 16.2 Å². The number of nitrogens with two attached hydrogens (primary N) is 1. The number of amides is 1. The van der Waals surface area contributed by atoms with Crippen molar-refractivity contribution in [3.63, 3.8) is 0 Å². The number of piperazine rings is 1. The largest absolute Gasteiger partial charge is 0.366 e. The maximum absolute atomic E-state index is 15.4. The molecule has 1 amide bonds. The number of nitriles is 1. The van der Waals surface area contributed by atoms with Gasteiger partial charge in [0.1, 0.15) is 23.1 Å². The fourth-order valence-electron chi connectivity index (χ4n) is 5.99. The van der Waals surface area contributed by atoms with Crippen molar-refractivity contribution in [3.8, 4) is 11.8 Å². The predicted molar refractivity (Wildman–Crippen MR) is 167 cm³/mol. The number of hydrogen-bond donors (Lipinski definition) is 1. The van der Waals surface area contributed by atoms with Crippen LogP contribution in [0.25, 0.3) is 22.3 Å². The van der Waals surface area contributed by atoms with Crippen molar-refractivity contribution < 1.29 is 22.4 Å². The third-order valence-electron chi connectivity index (χ3n) is 8.27. The molecule has 1 aliphatic carbocycles. The molecule has 3 aromatic heterocycles. The molecule has 1 aliphatic heterocycles. The summed E-state index contributed by atoms with van der Waals surface area (Å²) in [4.78, 5) is 39.0. The first-order chi connectivity index (χ1) is 21.7. The Morgan fingerprint density at radius 2 is 1.93 bits per heavy atom. The second-order valence-corrected chi connectivity index (χ2v) is 11.9. The molecule has 3 aromatic rings. The summed E-state index contributed by atoms with van der Waals surface area (Å²) < 4.78 is 60.6. The molecule has 0 aromatic carbocycles. The van der Waals surface area contributed by atoms with Crippen molar-refractivity contribution in [2.75, 3.05) is 24.5 Å². The minimum Gasteiger partial charge on any atom is -0.366 e. The summed E-state index contributed by atoms with van der Waals surface area (Å²) in [6.07, 6.45) is -0.00242. The summed E-state index contributed by atoms with van der Waals surface area (Å²) in [5.74, 6) is -5.79. The normalized spacial score (nSPS) is 20.5. The lowest BCUT2D eigenvalue weighted by atomic mass is 9.95. The second-order valence-electron chi connectivity index (χ2n) is 11.5. The predicted octanol–water partition coefficient (Wildman–Crippen LogP) is 5.47. The van der Waals surface area contributed by atoms with Crippen LogP contribution in [0.1, 0.15) is 49.2 Å². The average molecular weight is 656 g/mol. The number of alkyl halides is 1. The first kappa shape index (κ1) is 32.8. The number of aryl methyl sites for hydroxylation is 1. The molecule has 5 rings (SSSR count). The van der Waals surface area contributed by atoms with E-state index in [-0.39, 0.29) is 70.5 Å². The number of pyridine rings is 3. The molecule has 2 aliphatic rings. The van der Waals surface area contributed by atoms with E-state index in [1.54, 1.807) is 35.9 Å². The lowest BCUT2D eigenvalue weighted by molar-refractivity contribution is -0.128. The van der Waals surface area contributed by atoms with Crippen LogP contribution in [-0.2, 0) is 4.79 Å². The zero-order valence-electron chi connectivity index (χ0n) is 25.4. The van der Waals surface area contributed by atoms with Gasteiger partial charge in [0.25, 0.3) is 5.56 Å². The third kappa shape index (κ3) is 5.15. The Labute approximate surface area is 266 Å². The maximum atomic E-state index is 15.4. The molecule has 46 heavy (non-hydrogen) atoms. The monoisotopic (exact) mass is 655 g/mol. The van der Waals surface area contributed by atoms with Gasteiger partial charge in [-0.2, -0.15) is 5.26 Å². The van der Waals surface area contributed by atoms with E-state index in [1.165, 1.54) is 12.1 Å². The van der Waals surface area contributed by atoms with Crippen molar-refractivity contribution in [1.29, 1.82) is 5.26 Å². The molecular weight excluding hydrogens is 626 g/mol. The highest BCUT2D eigenvalue weighted by Crippen LogP contribution is 2.43. The lowest BCUT2D eigenvalue weighted by Crippen LogP contribution is -2.54. The van der Waals surface area contributed by atoms with Gasteiger partial charge in [0, 0.05) is 37.3 Å². The highest BCUT2D eigenvalue weighted by atomic mass is 35.5. The number of aromatic nitrogens is 3. The molecule has 1 saturated heterocycles. The second kappa shape index (κ2) is 12.3. The molecule has 9 nitrogen and oxygen atoms in total. The van der Waals surface area contributed by atoms with Crippen LogP contribution in [0.5, 0.6) is 0 Å². The fraction of sp³-hybridized carbons (Fsp3) is 0.344. The van der Waals surface area contributed by atoms with Crippen LogP contribution in [0.3, 0.4) is 0 Å². The minimum atomic E-state index is -2.76. The van der Waals surface area contributed by atoms with E-state index < -0.39 is 46.5 Å². The van der Waals surface area contributed by atoms with E-state index in [4.69, 9.17) is 17.3 Å². The van der Waals surface area contributed by atoms with Crippen LogP contribution in [0, 0.1) is 18.3 Å². The summed E-state index contributed by atoms with van der Waals surface area (Å²) in [6, 6.07) is 2.41. The van der Waals surface area contributed by atoms with Crippen molar-refractivity contribution >= 4 is 39.8 Å². The number of fused-ring (bicyclic) bond motifs is 1. The van der Waals surface area contributed by atoms with E-state index in [2.05, 4.69) is 16.5 Å². The Hall–Kier alpha value is -4.54. The molecule has 2 N–H and O–H groups in total. The molecule has 240 valence electrons. The number of hydrogen-bond acceptors (Lipinski definition) is 7. The van der Waals surface area contributed by atoms with Crippen molar-refractivity contribution in [1.82, 2.24) is 19.4 Å². The van der Waals surface area contributed by atoms with Gasteiger partial charge < -0.3 is 15.5 Å². The van der Waals surface area contributed by atoms with E-state index in [0.717, 1.165) is 4.57 Å². The summed E-state index contributed by atoms with van der Waals surface area (Å²) in [5, 5.41) is 10.2. The molecule has 0 radical (unpaired) electrons. The van der Waals surface area contributed by atoms with Gasteiger partial charge in [0.2, 0.25) is 5.91 Å². The Morgan fingerprint density at radius 3 is 2.54 bits per heavy atom. The number of allylic oxidation sites excluding steroid dienone is 2. The topological polar surface area (TPSA) is 121 Å². The van der Waals surface area contributed by atoms with Crippen molar-refractivity contribution in [2.24, 2.45) is 5.73 Å². The van der Waals surface area contributed by atoms with Gasteiger partial charge in [-0.05, 0) is 43.5 Å². The van der Waals surface area contributed by atoms with Gasteiger partial charge in [-0.3, -0.25) is 19.1 Å². The van der Waals surface area contributed by atoms with Crippen LogP contribution >= 0.6 is 11.6 Å². The molecule has 0 saturated carbocycles. The van der Waals surface area contributed by atoms with Crippen LogP contribution in [0.4, 0.5) is 23.2 Å². The van der Waals surface area contributed by atoms with E-state index in [1.807, 2.05) is 19.9 Å². The quantitative estimate of drug-likeness (QED) is 0.286. The van der Waals surface area contributed by atoms with E-state index >= 15 is 8.78 Å². The summed E-state index contributed by atoms with van der Waals surface area (Å²) in [5.41, 5.74) is 4.07. The van der Waals surface area contributed by atoms with Gasteiger partial charge in [-0.15, -0.1) is 0 Å².